The molecule has 0 bridgehead atoms. The average molecular weight is 326 g/mol. The van der Waals surface area contributed by atoms with Crippen LogP contribution in [0.25, 0.3) is 11.0 Å². The maximum absolute atomic E-state index is 12.3. The van der Waals surface area contributed by atoms with Crippen LogP contribution in [0, 0.1) is 0 Å². The summed E-state index contributed by atoms with van der Waals surface area (Å²) in [7, 11) is 2.88. The summed E-state index contributed by atoms with van der Waals surface area (Å²) in [6, 6.07) is 5.33. The Balaban J connectivity index is 1.74. The van der Waals surface area contributed by atoms with Crippen molar-refractivity contribution in [3.05, 3.63) is 42.0 Å². The van der Waals surface area contributed by atoms with Gasteiger partial charge in [0.2, 0.25) is 0 Å². The Morgan fingerprint density at radius 3 is 2.33 bits per heavy atom. The summed E-state index contributed by atoms with van der Waals surface area (Å²) in [5.41, 5.74) is 1.84. The lowest BCUT2D eigenvalue weighted by molar-refractivity contribution is 0.0949. The summed E-state index contributed by atoms with van der Waals surface area (Å²) < 4.78 is 9.93. The molecule has 2 aromatic heterocycles. The highest BCUT2D eigenvalue weighted by Crippen LogP contribution is 2.12. The number of methoxy groups -OCH3 is 2. The van der Waals surface area contributed by atoms with E-state index in [1.54, 1.807) is 30.6 Å². The molecule has 0 saturated heterocycles. The molecule has 0 spiro atoms. The van der Waals surface area contributed by atoms with Crippen molar-refractivity contribution in [3.63, 3.8) is 0 Å². The highest BCUT2D eigenvalue weighted by molar-refractivity contribution is 5.97. The van der Waals surface area contributed by atoms with Crippen molar-refractivity contribution in [2.75, 3.05) is 14.2 Å². The predicted molar refractivity (Wildman–Crippen MR) is 83.6 cm³/mol. The van der Waals surface area contributed by atoms with Crippen LogP contribution in [0.3, 0.4) is 0 Å². The molecule has 0 aliphatic carbocycles. The van der Waals surface area contributed by atoms with Gasteiger partial charge in [-0.05, 0) is 18.2 Å². The smallest absolute Gasteiger partial charge is 0.322 e. The molecule has 0 radical (unpaired) electrons. The van der Waals surface area contributed by atoms with Gasteiger partial charge in [0.25, 0.3) is 5.91 Å². The zero-order valence-electron chi connectivity index (χ0n) is 13.1. The fraction of sp³-hybridized carbons (Fsp3) is 0.200. The molecule has 9 nitrogen and oxygen atoms in total. The summed E-state index contributed by atoms with van der Waals surface area (Å²) in [6.45, 7) is 0.104. The topological polar surface area (TPSA) is 112 Å². The fourth-order valence-electron chi connectivity index (χ4n) is 2.01. The number of nitrogens with one attached hydrogen (secondary N) is 1. The number of benzene rings is 1. The van der Waals surface area contributed by atoms with Crippen molar-refractivity contribution < 1.29 is 14.3 Å². The number of amides is 1. The van der Waals surface area contributed by atoms with Gasteiger partial charge in [-0.3, -0.25) is 14.8 Å². The number of fused-ring (bicyclic) bond motifs is 1. The standard InChI is InChI=1S/C15H14N6O3/c1-23-14-19-12(20-15(21-14)24-2)8-18-13(22)9-3-4-10-11(7-9)17-6-5-16-10/h3-7H,8H2,1-2H3,(H,18,22). The highest BCUT2D eigenvalue weighted by Gasteiger charge is 2.11. The van der Waals surface area contributed by atoms with E-state index in [1.807, 2.05) is 0 Å². The summed E-state index contributed by atoms with van der Waals surface area (Å²) in [5.74, 6) is 0.0496. The van der Waals surface area contributed by atoms with Crippen molar-refractivity contribution in [1.29, 1.82) is 0 Å². The summed E-state index contributed by atoms with van der Waals surface area (Å²) >= 11 is 0. The molecular formula is C15H14N6O3. The minimum Gasteiger partial charge on any atom is -0.467 e. The van der Waals surface area contributed by atoms with Crippen LogP contribution >= 0.6 is 0 Å². The van der Waals surface area contributed by atoms with Gasteiger partial charge in [-0.25, -0.2) is 0 Å². The van der Waals surface area contributed by atoms with E-state index < -0.39 is 0 Å². The molecule has 1 N–H and O–H groups in total. The molecule has 1 aromatic carbocycles. The van der Waals surface area contributed by atoms with Crippen LogP contribution in [0.4, 0.5) is 0 Å². The Bertz CT molecular complexity index is 864. The average Bonchev–Trinajstić information content (AvgIpc) is 2.65. The van der Waals surface area contributed by atoms with Crippen LogP contribution in [-0.4, -0.2) is 45.0 Å². The van der Waals surface area contributed by atoms with Crippen LogP contribution in [0.2, 0.25) is 0 Å². The zero-order chi connectivity index (χ0) is 16.9. The Kier molecular flexibility index (Phi) is 4.41. The molecule has 0 atom stereocenters. The third-order valence-corrected chi connectivity index (χ3v) is 3.14. The van der Waals surface area contributed by atoms with Crippen molar-refractivity contribution in [2.45, 2.75) is 6.54 Å². The van der Waals surface area contributed by atoms with Crippen molar-refractivity contribution >= 4 is 16.9 Å². The van der Waals surface area contributed by atoms with Crippen LogP contribution in [-0.2, 0) is 6.54 Å². The maximum atomic E-state index is 12.3. The number of ether oxygens (including phenoxy) is 2. The van der Waals surface area contributed by atoms with Gasteiger partial charge >= 0.3 is 12.0 Å². The first kappa shape index (κ1) is 15.5. The second-order valence-corrected chi connectivity index (χ2v) is 4.67. The monoisotopic (exact) mass is 326 g/mol. The first-order valence-corrected chi connectivity index (χ1v) is 7.01. The van der Waals surface area contributed by atoms with Gasteiger partial charge in [0.15, 0.2) is 5.82 Å². The van der Waals surface area contributed by atoms with Gasteiger partial charge in [-0.2, -0.15) is 9.97 Å². The van der Waals surface area contributed by atoms with Gasteiger partial charge in [0, 0.05) is 18.0 Å². The van der Waals surface area contributed by atoms with Gasteiger partial charge in [0.05, 0.1) is 31.8 Å². The van der Waals surface area contributed by atoms with E-state index in [0.717, 1.165) is 5.52 Å². The number of nitrogens with zero attached hydrogens (tertiary/aromatic N) is 5. The lowest BCUT2D eigenvalue weighted by Gasteiger charge is -2.07. The minimum atomic E-state index is -0.277. The molecule has 0 aliphatic heterocycles. The molecule has 0 unspecified atom stereocenters. The normalized spacial score (nSPS) is 10.4. The highest BCUT2D eigenvalue weighted by atomic mass is 16.5. The number of hydrogen-bond donors (Lipinski definition) is 1. The first-order valence-electron chi connectivity index (χ1n) is 7.01. The van der Waals surface area contributed by atoms with E-state index in [0.29, 0.717) is 16.9 Å². The van der Waals surface area contributed by atoms with Crippen LogP contribution in [0.1, 0.15) is 16.2 Å². The van der Waals surface area contributed by atoms with Crippen molar-refractivity contribution in [1.82, 2.24) is 30.2 Å². The van der Waals surface area contributed by atoms with Crippen LogP contribution in [0.5, 0.6) is 12.0 Å². The molecule has 0 saturated carbocycles. The number of carbonyl (C=O) groups is 1. The van der Waals surface area contributed by atoms with Gasteiger partial charge in [-0.15, -0.1) is 4.98 Å². The van der Waals surface area contributed by atoms with E-state index in [-0.39, 0.29) is 24.5 Å². The molecule has 9 heteroatoms. The molecule has 2 heterocycles. The zero-order valence-corrected chi connectivity index (χ0v) is 13.1. The van der Waals surface area contributed by atoms with Crippen molar-refractivity contribution in [2.24, 2.45) is 0 Å². The van der Waals surface area contributed by atoms with Crippen LogP contribution < -0.4 is 14.8 Å². The van der Waals surface area contributed by atoms with E-state index in [2.05, 4.69) is 30.2 Å². The molecule has 3 aromatic rings. The lowest BCUT2D eigenvalue weighted by atomic mass is 10.2. The summed E-state index contributed by atoms with van der Waals surface area (Å²) in [6.07, 6.45) is 3.18. The number of rotatable bonds is 5. The molecule has 3 rings (SSSR count). The molecule has 24 heavy (non-hydrogen) atoms. The third kappa shape index (κ3) is 3.35. The quantitative estimate of drug-likeness (QED) is 0.731. The van der Waals surface area contributed by atoms with E-state index in [1.165, 1.54) is 14.2 Å². The Morgan fingerprint density at radius 2 is 1.67 bits per heavy atom. The van der Waals surface area contributed by atoms with E-state index >= 15 is 0 Å². The van der Waals surface area contributed by atoms with Crippen LogP contribution in [0.15, 0.2) is 30.6 Å². The SMILES string of the molecule is COc1nc(CNC(=O)c2ccc3nccnc3c2)nc(OC)n1. The summed E-state index contributed by atoms with van der Waals surface area (Å²) in [5, 5.41) is 2.73. The van der Waals surface area contributed by atoms with Gasteiger partial charge in [0.1, 0.15) is 0 Å². The lowest BCUT2D eigenvalue weighted by Crippen LogP contribution is -2.24. The second kappa shape index (κ2) is 6.82. The largest absolute Gasteiger partial charge is 0.467 e. The predicted octanol–water partition coefficient (Wildman–Crippen LogP) is 0.762. The molecule has 0 aliphatic rings. The Morgan fingerprint density at radius 1 is 1.00 bits per heavy atom. The fourth-order valence-corrected chi connectivity index (χ4v) is 2.01. The van der Waals surface area contributed by atoms with Gasteiger partial charge < -0.3 is 14.8 Å². The molecule has 122 valence electrons. The molecule has 0 fully saturated rings. The third-order valence-electron chi connectivity index (χ3n) is 3.14. The Labute approximate surface area is 137 Å². The number of carbonyl (C=O) groups excluding carboxylic acids is 1. The first-order chi connectivity index (χ1) is 11.7. The maximum Gasteiger partial charge on any atom is 0.322 e. The van der Waals surface area contributed by atoms with E-state index in [4.69, 9.17) is 9.47 Å². The minimum absolute atomic E-state index is 0.104. The van der Waals surface area contributed by atoms with Gasteiger partial charge in [-0.1, -0.05) is 0 Å². The summed E-state index contributed by atoms with van der Waals surface area (Å²) in [4.78, 5) is 32.6. The number of aromatic nitrogens is 5. The second-order valence-electron chi connectivity index (χ2n) is 4.67. The Hall–Kier alpha value is -3.36. The van der Waals surface area contributed by atoms with Crippen molar-refractivity contribution in [3.8, 4) is 12.0 Å². The van der Waals surface area contributed by atoms with E-state index in [9.17, 15) is 4.79 Å². The molecule has 1 amide bonds. The number of hydrogen-bond acceptors (Lipinski definition) is 8. The molecular weight excluding hydrogens is 312 g/mol.